The van der Waals surface area contributed by atoms with Gasteiger partial charge in [-0.15, -0.1) is 0 Å². The SMILES string of the molecule is CC(=O)NCc1ccc(C(=O)NCc2ccccc2F)cc1. The van der Waals surface area contributed by atoms with Crippen molar-refractivity contribution in [2.24, 2.45) is 0 Å². The average Bonchev–Trinajstić information content (AvgIpc) is 2.52. The lowest BCUT2D eigenvalue weighted by Gasteiger charge is -2.07. The molecule has 0 radical (unpaired) electrons. The second-order valence-electron chi connectivity index (χ2n) is 4.88. The quantitative estimate of drug-likeness (QED) is 0.891. The number of rotatable bonds is 5. The van der Waals surface area contributed by atoms with E-state index in [9.17, 15) is 14.0 Å². The molecule has 2 aromatic rings. The van der Waals surface area contributed by atoms with Crippen molar-refractivity contribution in [1.29, 1.82) is 0 Å². The van der Waals surface area contributed by atoms with Gasteiger partial charge in [0.05, 0.1) is 0 Å². The van der Waals surface area contributed by atoms with Gasteiger partial charge in [0.2, 0.25) is 5.91 Å². The lowest BCUT2D eigenvalue weighted by Crippen LogP contribution is -2.23. The molecule has 5 heteroatoms. The summed E-state index contributed by atoms with van der Waals surface area (Å²) in [6.07, 6.45) is 0. The Balaban J connectivity index is 1.92. The van der Waals surface area contributed by atoms with Gasteiger partial charge >= 0.3 is 0 Å². The minimum absolute atomic E-state index is 0.105. The summed E-state index contributed by atoms with van der Waals surface area (Å²) in [5.41, 5.74) is 1.84. The summed E-state index contributed by atoms with van der Waals surface area (Å²) in [4.78, 5) is 22.8. The second kappa shape index (κ2) is 7.36. The van der Waals surface area contributed by atoms with E-state index in [1.54, 1.807) is 42.5 Å². The minimum Gasteiger partial charge on any atom is -0.352 e. The van der Waals surface area contributed by atoms with Crippen molar-refractivity contribution in [2.75, 3.05) is 0 Å². The Morgan fingerprint density at radius 3 is 2.27 bits per heavy atom. The third-order valence-corrected chi connectivity index (χ3v) is 3.15. The Morgan fingerprint density at radius 2 is 1.64 bits per heavy atom. The van der Waals surface area contributed by atoms with Crippen molar-refractivity contribution >= 4 is 11.8 Å². The van der Waals surface area contributed by atoms with E-state index in [-0.39, 0.29) is 24.2 Å². The molecule has 0 unspecified atom stereocenters. The van der Waals surface area contributed by atoms with Crippen LogP contribution in [-0.4, -0.2) is 11.8 Å². The molecule has 0 fully saturated rings. The highest BCUT2D eigenvalue weighted by molar-refractivity contribution is 5.94. The first kappa shape index (κ1) is 15.7. The summed E-state index contributed by atoms with van der Waals surface area (Å²) in [5.74, 6) is -0.713. The summed E-state index contributed by atoms with van der Waals surface area (Å²) in [5, 5.41) is 5.36. The van der Waals surface area contributed by atoms with Gasteiger partial charge in [0.1, 0.15) is 5.82 Å². The molecule has 0 atom stereocenters. The molecule has 0 spiro atoms. The monoisotopic (exact) mass is 300 g/mol. The molecule has 22 heavy (non-hydrogen) atoms. The molecule has 0 aromatic heterocycles. The second-order valence-corrected chi connectivity index (χ2v) is 4.88. The molecule has 0 saturated heterocycles. The van der Waals surface area contributed by atoms with Gasteiger partial charge in [-0.1, -0.05) is 30.3 Å². The molecule has 0 saturated carbocycles. The molecule has 0 heterocycles. The van der Waals surface area contributed by atoms with Crippen LogP contribution < -0.4 is 10.6 Å². The highest BCUT2D eigenvalue weighted by atomic mass is 19.1. The third kappa shape index (κ3) is 4.41. The van der Waals surface area contributed by atoms with E-state index in [0.29, 0.717) is 17.7 Å². The molecule has 4 nitrogen and oxygen atoms in total. The number of carbonyl (C=O) groups is 2. The molecule has 0 aliphatic rings. The maximum Gasteiger partial charge on any atom is 0.251 e. The summed E-state index contributed by atoms with van der Waals surface area (Å²) in [7, 11) is 0. The number of hydrogen-bond acceptors (Lipinski definition) is 2. The number of carbonyl (C=O) groups excluding carboxylic acids is 2. The zero-order valence-corrected chi connectivity index (χ0v) is 12.2. The lowest BCUT2D eigenvalue weighted by atomic mass is 10.1. The van der Waals surface area contributed by atoms with Gasteiger partial charge in [0, 0.05) is 31.1 Å². The van der Waals surface area contributed by atoms with Gasteiger partial charge in [-0.05, 0) is 23.8 Å². The number of hydrogen-bond donors (Lipinski definition) is 2. The van der Waals surface area contributed by atoms with Crippen LogP contribution in [0.2, 0.25) is 0 Å². The molecule has 0 bridgehead atoms. The maximum absolute atomic E-state index is 13.5. The van der Waals surface area contributed by atoms with Crippen molar-refractivity contribution < 1.29 is 14.0 Å². The molecular weight excluding hydrogens is 283 g/mol. The predicted molar refractivity (Wildman–Crippen MR) is 81.5 cm³/mol. The highest BCUT2D eigenvalue weighted by Crippen LogP contribution is 2.08. The molecule has 0 aliphatic carbocycles. The molecule has 2 aromatic carbocycles. The first-order chi connectivity index (χ1) is 10.6. The van der Waals surface area contributed by atoms with E-state index >= 15 is 0 Å². The Hall–Kier alpha value is -2.69. The van der Waals surface area contributed by atoms with Crippen molar-refractivity contribution in [3.05, 3.63) is 71.0 Å². The van der Waals surface area contributed by atoms with Crippen molar-refractivity contribution in [3.8, 4) is 0 Å². The zero-order valence-electron chi connectivity index (χ0n) is 12.2. The fourth-order valence-corrected chi connectivity index (χ4v) is 1.92. The molecule has 2 N–H and O–H groups in total. The van der Waals surface area contributed by atoms with Crippen LogP contribution >= 0.6 is 0 Å². The average molecular weight is 300 g/mol. The van der Waals surface area contributed by atoms with Gasteiger partial charge in [-0.25, -0.2) is 4.39 Å². The molecule has 2 amide bonds. The highest BCUT2D eigenvalue weighted by Gasteiger charge is 2.07. The predicted octanol–water partition coefficient (Wildman–Crippen LogP) is 2.39. The van der Waals surface area contributed by atoms with Crippen LogP contribution in [0.3, 0.4) is 0 Å². The standard InChI is InChI=1S/C17H17FN2O2/c1-12(21)19-10-13-6-8-14(9-7-13)17(22)20-11-15-4-2-3-5-16(15)18/h2-9H,10-11H2,1H3,(H,19,21)(H,20,22). The summed E-state index contributed by atoms with van der Waals surface area (Å²) in [6.45, 7) is 2.01. The Labute approximate surface area is 128 Å². The van der Waals surface area contributed by atoms with Crippen LogP contribution in [0.5, 0.6) is 0 Å². The normalized spacial score (nSPS) is 10.1. The van der Waals surface area contributed by atoms with Gasteiger partial charge < -0.3 is 10.6 Å². The smallest absolute Gasteiger partial charge is 0.251 e. The van der Waals surface area contributed by atoms with Crippen LogP contribution in [0.1, 0.15) is 28.4 Å². The molecule has 114 valence electrons. The summed E-state index contributed by atoms with van der Waals surface area (Å²) < 4.78 is 13.5. The van der Waals surface area contributed by atoms with Crippen molar-refractivity contribution in [1.82, 2.24) is 10.6 Å². The molecular formula is C17H17FN2O2. The van der Waals surface area contributed by atoms with E-state index in [2.05, 4.69) is 10.6 Å². The van der Waals surface area contributed by atoms with Crippen molar-refractivity contribution in [3.63, 3.8) is 0 Å². The number of amides is 2. The Kier molecular flexibility index (Phi) is 5.25. The van der Waals surface area contributed by atoms with Gasteiger partial charge in [0.15, 0.2) is 0 Å². The van der Waals surface area contributed by atoms with Crippen LogP contribution in [0.15, 0.2) is 48.5 Å². The zero-order chi connectivity index (χ0) is 15.9. The number of benzene rings is 2. The van der Waals surface area contributed by atoms with E-state index in [4.69, 9.17) is 0 Å². The van der Waals surface area contributed by atoms with E-state index in [1.807, 2.05) is 0 Å². The topological polar surface area (TPSA) is 58.2 Å². The minimum atomic E-state index is -0.339. The first-order valence-electron chi connectivity index (χ1n) is 6.91. The van der Waals surface area contributed by atoms with Crippen molar-refractivity contribution in [2.45, 2.75) is 20.0 Å². The molecule has 0 aliphatic heterocycles. The van der Waals surface area contributed by atoms with E-state index < -0.39 is 0 Å². The van der Waals surface area contributed by atoms with Gasteiger partial charge in [0.25, 0.3) is 5.91 Å². The Morgan fingerprint density at radius 1 is 0.955 bits per heavy atom. The van der Waals surface area contributed by atoms with Gasteiger partial charge in [-0.3, -0.25) is 9.59 Å². The summed E-state index contributed by atoms with van der Waals surface area (Å²) >= 11 is 0. The Bertz CT molecular complexity index is 669. The number of halogens is 1. The van der Waals surface area contributed by atoms with Crippen LogP contribution in [0.25, 0.3) is 0 Å². The fraction of sp³-hybridized carbons (Fsp3) is 0.176. The first-order valence-corrected chi connectivity index (χ1v) is 6.91. The number of nitrogens with one attached hydrogen (secondary N) is 2. The van der Waals surface area contributed by atoms with Crippen LogP contribution in [0, 0.1) is 5.82 Å². The fourth-order valence-electron chi connectivity index (χ4n) is 1.92. The van der Waals surface area contributed by atoms with E-state index in [0.717, 1.165) is 5.56 Å². The van der Waals surface area contributed by atoms with Crippen LogP contribution in [0.4, 0.5) is 4.39 Å². The maximum atomic E-state index is 13.5. The lowest BCUT2D eigenvalue weighted by molar-refractivity contribution is -0.119. The van der Waals surface area contributed by atoms with E-state index in [1.165, 1.54) is 13.0 Å². The molecule has 2 rings (SSSR count). The van der Waals surface area contributed by atoms with Crippen LogP contribution in [-0.2, 0) is 17.9 Å². The summed E-state index contributed by atoms with van der Waals surface area (Å²) in [6, 6.07) is 13.2. The van der Waals surface area contributed by atoms with Gasteiger partial charge in [-0.2, -0.15) is 0 Å². The largest absolute Gasteiger partial charge is 0.352 e. The third-order valence-electron chi connectivity index (χ3n) is 3.15.